The lowest BCUT2D eigenvalue weighted by Gasteiger charge is -2.09. The number of aromatic nitrogens is 3. The summed E-state index contributed by atoms with van der Waals surface area (Å²) in [5, 5.41) is 3.75. The van der Waals surface area contributed by atoms with Crippen LogP contribution in [0, 0.1) is 0 Å². The number of para-hydroxylation sites is 1. The van der Waals surface area contributed by atoms with Gasteiger partial charge in [0.05, 0.1) is 17.3 Å². The average Bonchev–Trinajstić information content (AvgIpc) is 2.89. The Bertz CT molecular complexity index is 711. The molecule has 3 aromatic rings. The van der Waals surface area contributed by atoms with Crippen molar-refractivity contribution in [2.45, 2.75) is 9.37 Å². The van der Waals surface area contributed by atoms with Gasteiger partial charge in [-0.1, -0.05) is 12.1 Å². The average molecular weight is 304 g/mol. The van der Waals surface area contributed by atoms with E-state index >= 15 is 0 Å². The van der Waals surface area contributed by atoms with E-state index in [1.165, 1.54) is 18.1 Å². The van der Waals surface area contributed by atoms with Crippen LogP contribution in [-0.4, -0.2) is 29.1 Å². The van der Waals surface area contributed by atoms with Crippen molar-refractivity contribution in [3.63, 3.8) is 0 Å². The molecule has 3 rings (SSSR count). The van der Waals surface area contributed by atoms with Crippen LogP contribution in [0.15, 0.2) is 40.0 Å². The van der Waals surface area contributed by atoms with Gasteiger partial charge in [-0.25, -0.2) is 15.0 Å². The molecule has 0 saturated carbocycles. The molecule has 2 heterocycles. The molecule has 0 spiro atoms. The molecule has 102 valence electrons. The highest BCUT2D eigenvalue weighted by Crippen LogP contribution is 2.39. The Balaban J connectivity index is 1.98. The molecule has 0 unspecified atom stereocenters. The molecule has 0 aliphatic heterocycles. The maximum atomic E-state index is 5.38. The third-order valence-electron chi connectivity index (χ3n) is 2.67. The zero-order valence-corrected chi connectivity index (χ0v) is 12.6. The molecule has 2 aromatic heterocycles. The summed E-state index contributed by atoms with van der Waals surface area (Å²) < 4.78 is 7.48. The number of nitrogens with one attached hydrogen (secondary N) is 1. The summed E-state index contributed by atoms with van der Waals surface area (Å²) in [7, 11) is 3.42. The van der Waals surface area contributed by atoms with Crippen molar-refractivity contribution in [1.82, 2.24) is 15.0 Å². The number of hydrogen-bond donors (Lipinski definition) is 1. The monoisotopic (exact) mass is 304 g/mol. The van der Waals surface area contributed by atoms with Crippen LogP contribution in [0.1, 0.15) is 0 Å². The number of ether oxygens (including phenoxy) is 1. The lowest BCUT2D eigenvalue weighted by atomic mass is 10.3. The van der Waals surface area contributed by atoms with Gasteiger partial charge < -0.3 is 10.1 Å². The van der Waals surface area contributed by atoms with Crippen molar-refractivity contribution in [2.24, 2.45) is 0 Å². The summed E-state index contributed by atoms with van der Waals surface area (Å²) >= 11 is 3.13. The first-order chi connectivity index (χ1) is 9.81. The van der Waals surface area contributed by atoms with Crippen molar-refractivity contribution in [2.75, 3.05) is 19.5 Å². The second kappa shape index (κ2) is 5.64. The van der Waals surface area contributed by atoms with Crippen LogP contribution in [-0.2, 0) is 0 Å². The Morgan fingerprint density at radius 2 is 2.10 bits per heavy atom. The standard InChI is InChI=1S/C13H12N4OS2/c1-14-11-10(18-2)12(16-7-15-11)20-13-17-8-5-3-4-6-9(8)19-13/h3-7H,1-2H3,(H,14,15,16). The lowest BCUT2D eigenvalue weighted by molar-refractivity contribution is 0.400. The van der Waals surface area contributed by atoms with Gasteiger partial charge in [0.1, 0.15) is 6.33 Å². The minimum atomic E-state index is 0.638. The summed E-state index contributed by atoms with van der Waals surface area (Å²) in [4.78, 5) is 13.0. The lowest BCUT2D eigenvalue weighted by Crippen LogP contribution is -1.99. The van der Waals surface area contributed by atoms with Crippen LogP contribution in [0.2, 0.25) is 0 Å². The van der Waals surface area contributed by atoms with Gasteiger partial charge in [-0.05, 0) is 23.9 Å². The molecule has 0 radical (unpaired) electrons. The minimum absolute atomic E-state index is 0.638. The molecule has 0 aliphatic rings. The Kier molecular flexibility index (Phi) is 3.70. The predicted molar refractivity (Wildman–Crippen MR) is 81.9 cm³/mol. The van der Waals surface area contributed by atoms with Gasteiger partial charge in [-0.3, -0.25) is 0 Å². The van der Waals surface area contributed by atoms with Crippen LogP contribution < -0.4 is 10.1 Å². The maximum Gasteiger partial charge on any atom is 0.194 e. The number of benzene rings is 1. The van der Waals surface area contributed by atoms with Gasteiger partial charge in [0.2, 0.25) is 0 Å². The highest BCUT2D eigenvalue weighted by Gasteiger charge is 2.14. The van der Waals surface area contributed by atoms with E-state index in [2.05, 4.69) is 26.3 Å². The molecule has 0 fully saturated rings. The van der Waals surface area contributed by atoms with Crippen molar-refractivity contribution in [3.05, 3.63) is 30.6 Å². The van der Waals surface area contributed by atoms with E-state index in [4.69, 9.17) is 4.74 Å². The van der Waals surface area contributed by atoms with Crippen LogP contribution in [0.5, 0.6) is 5.75 Å². The fraction of sp³-hybridized carbons (Fsp3) is 0.154. The van der Waals surface area contributed by atoms with Crippen molar-refractivity contribution >= 4 is 39.1 Å². The van der Waals surface area contributed by atoms with Crippen LogP contribution in [0.25, 0.3) is 10.2 Å². The molecule has 0 bridgehead atoms. The molecule has 0 aliphatic carbocycles. The van der Waals surface area contributed by atoms with Gasteiger partial charge in [-0.15, -0.1) is 11.3 Å². The van der Waals surface area contributed by atoms with E-state index < -0.39 is 0 Å². The number of fused-ring (bicyclic) bond motifs is 1. The summed E-state index contributed by atoms with van der Waals surface area (Å²) in [6, 6.07) is 8.07. The molecule has 0 amide bonds. The number of methoxy groups -OCH3 is 1. The van der Waals surface area contributed by atoms with Gasteiger partial charge in [0, 0.05) is 7.05 Å². The number of nitrogens with zero attached hydrogens (tertiary/aromatic N) is 3. The quantitative estimate of drug-likeness (QED) is 0.746. The highest BCUT2D eigenvalue weighted by atomic mass is 32.2. The normalized spacial score (nSPS) is 10.7. The summed E-state index contributed by atoms with van der Waals surface area (Å²) in [6.45, 7) is 0. The second-order valence-corrected chi connectivity index (χ2v) is 6.13. The van der Waals surface area contributed by atoms with Gasteiger partial charge in [-0.2, -0.15) is 0 Å². The number of rotatable bonds is 4. The van der Waals surface area contributed by atoms with Crippen molar-refractivity contribution < 1.29 is 4.74 Å². The van der Waals surface area contributed by atoms with Crippen molar-refractivity contribution in [1.29, 1.82) is 0 Å². The second-order valence-electron chi connectivity index (χ2n) is 3.86. The Morgan fingerprint density at radius 3 is 2.85 bits per heavy atom. The molecular weight excluding hydrogens is 292 g/mol. The van der Waals surface area contributed by atoms with Gasteiger partial charge in [0.15, 0.2) is 20.9 Å². The molecule has 1 aromatic carbocycles. The first-order valence-electron chi connectivity index (χ1n) is 5.92. The van der Waals surface area contributed by atoms with Crippen LogP contribution in [0.3, 0.4) is 0 Å². The molecular formula is C13H12N4OS2. The molecule has 20 heavy (non-hydrogen) atoms. The fourth-order valence-corrected chi connectivity index (χ4v) is 3.82. The van der Waals surface area contributed by atoms with Gasteiger partial charge >= 0.3 is 0 Å². The van der Waals surface area contributed by atoms with Crippen LogP contribution in [0.4, 0.5) is 5.82 Å². The SMILES string of the molecule is CNc1ncnc(Sc2nc3ccccc3s2)c1OC. The first-order valence-corrected chi connectivity index (χ1v) is 7.55. The molecule has 7 heteroatoms. The summed E-state index contributed by atoms with van der Waals surface area (Å²) in [5.41, 5.74) is 1.00. The third-order valence-corrected chi connectivity index (χ3v) is 4.75. The van der Waals surface area contributed by atoms with Gasteiger partial charge in [0.25, 0.3) is 0 Å². The van der Waals surface area contributed by atoms with E-state index in [1.54, 1.807) is 25.5 Å². The van der Waals surface area contributed by atoms with Crippen LogP contribution >= 0.6 is 23.1 Å². The molecule has 1 N–H and O–H groups in total. The topological polar surface area (TPSA) is 59.9 Å². The van der Waals surface area contributed by atoms with E-state index in [-0.39, 0.29) is 0 Å². The zero-order valence-electron chi connectivity index (χ0n) is 11.0. The predicted octanol–water partition coefficient (Wildman–Crippen LogP) is 3.29. The smallest absolute Gasteiger partial charge is 0.194 e. The number of anilines is 1. The molecule has 5 nitrogen and oxygen atoms in total. The number of thiazole rings is 1. The highest BCUT2D eigenvalue weighted by molar-refractivity contribution is 8.01. The Morgan fingerprint density at radius 1 is 1.25 bits per heavy atom. The minimum Gasteiger partial charge on any atom is -0.490 e. The van der Waals surface area contributed by atoms with E-state index in [1.807, 2.05) is 18.2 Å². The summed E-state index contributed by atoms with van der Waals surface area (Å²) in [6.07, 6.45) is 1.52. The maximum absolute atomic E-state index is 5.38. The van der Waals surface area contributed by atoms with E-state index in [9.17, 15) is 0 Å². The zero-order chi connectivity index (χ0) is 13.9. The van der Waals surface area contributed by atoms with Crippen molar-refractivity contribution in [3.8, 4) is 5.75 Å². The molecule has 0 saturated heterocycles. The number of hydrogen-bond acceptors (Lipinski definition) is 7. The molecule has 0 atom stereocenters. The largest absolute Gasteiger partial charge is 0.490 e. The third kappa shape index (κ3) is 2.41. The van der Waals surface area contributed by atoms with E-state index in [0.29, 0.717) is 11.6 Å². The first kappa shape index (κ1) is 13.1. The fourth-order valence-electron chi connectivity index (χ4n) is 1.77. The van der Waals surface area contributed by atoms with E-state index in [0.717, 1.165) is 19.6 Å². The Hall–Kier alpha value is -1.86. The summed E-state index contributed by atoms with van der Waals surface area (Å²) in [5.74, 6) is 1.31. The Labute approximate surface area is 124 Å².